The Morgan fingerprint density at radius 2 is 2.10 bits per heavy atom. The molecule has 1 N–H and O–H groups in total. The van der Waals surface area contributed by atoms with Crippen molar-refractivity contribution in [3.8, 4) is 0 Å². The SMILES string of the molecule is CCc1cccc(N2CC(C(C)CC)NCC2CC)c1. The highest BCUT2D eigenvalue weighted by Crippen LogP contribution is 2.25. The summed E-state index contributed by atoms with van der Waals surface area (Å²) in [5, 5.41) is 3.76. The molecule has 0 radical (unpaired) electrons. The zero-order valence-corrected chi connectivity index (χ0v) is 13.5. The molecular weight excluding hydrogens is 244 g/mol. The summed E-state index contributed by atoms with van der Waals surface area (Å²) in [5.74, 6) is 0.740. The highest BCUT2D eigenvalue weighted by atomic mass is 15.2. The number of rotatable bonds is 5. The van der Waals surface area contributed by atoms with Crippen molar-refractivity contribution in [3.63, 3.8) is 0 Å². The van der Waals surface area contributed by atoms with E-state index in [4.69, 9.17) is 0 Å². The third-order valence-corrected chi connectivity index (χ3v) is 4.90. The molecular formula is C18H30N2. The van der Waals surface area contributed by atoms with Gasteiger partial charge in [-0.25, -0.2) is 0 Å². The lowest BCUT2D eigenvalue weighted by Gasteiger charge is -2.43. The van der Waals surface area contributed by atoms with Crippen molar-refractivity contribution in [2.24, 2.45) is 5.92 Å². The first-order valence-electron chi connectivity index (χ1n) is 8.28. The Kier molecular flexibility index (Phi) is 5.47. The molecule has 0 spiro atoms. The minimum atomic E-state index is 0.619. The maximum atomic E-state index is 3.76. The number of anilines is 1. The molecule has 1 aromatic carbocycles. The Bertz CT molecular complexity index is 416. The van der Waals surface area contributed by atoms with Crippen molar-refractivity contribution in [2.75, 3.05) is 18.0 Å². The molecule has 3 atom stereocenters. The predicted octanol–water partition coefficient (Wildman–Crippen LogP) is 3.85. The Morgan fingerprint density at radius 1 is 1.30 bits per heavy atom. The summed E-state index contributed by atoms with van der Waals surface area (Å²) < 4.78 is 0. The van der Waals surface area contributed by atoms with Gasteiger partial charge in [-0.3, -0.25) is 0 Å². The lowest BCUT2D eigenvalue weighted by molar-refractivity contribution is 0.306. The molecule has 0 saturated carbocycles. The molecule has 0 aromatic heterocycles. The van der Waals surface area contributed by atoms with E-state index < -0.39 is 0 Å². The normalized spacial score (nSPS) is 24.7. The summed E-state index contributed by atoms with van der Waals surface area (Å²) in [6.45, 7) is 11.4. The van der Waals surface area contributed by atoms with Crippen LogP contribution in [-0.2, 0) is 6.42 Å². The molecule has 3 unspecified atom stereocenters. The number of nitrogens with zero attached hydrogens (tertiary/aromatic N) is 1. The van der Waals surface area contributed by atoms with Crippen LogP contribution in [0.3, 0.4) is 0 Å². The average Bonchev–Trinajstić information content (AvgIpc) is 2.53. The van der Waals surface area contributed by atoms with E-state index >= 15 is 0 Å². The van der Waals surface area contributed by atoms with Gasteiger partial charge >= 0.3 is 0 Å². The van der Waals surface area contributed by atoms with Crippen molar-refractivity contribution in [3.05, 3.63) is 29.8 Å². The van der Waals surface area contributed by atoms with Crippen LogP contribution < -0.4 is 10.2 Å². The summed E-state index contributed by atoms with van der Waals surface area (Å²) in [5.41, 5.74) is 2.85. The van der Waals surface area contributed by atoms with Gasteiger partial charge in [-0.1, -0.05) is 46.2 Å². The number of nitrogens with one attached hydrogen (secondary N) is 1. The Hall–Kier alpha value is -1.02. The molecule has 1 fully saturated rings. The zero-order chi connectivity index (χ0) is 14.5. The van der Waals surface area contributed by atoms with Crippen LogP contribution in [-0.4, -0.2) is 25.2 Å². The van der Waals surface area contributed by atoms with Crippen LogP contribution in [0.25, 0.3) is 0 Å². The lowest BCUT2D eigenvalue weighted by Crippen LogP contribution is -2.58. The summed E-state index contributed by atoms with van der Waals surface area (Å²) in [6.07, 6.45) is 3.57. The van der Waals surface area contributed by atoms with Crippen LogP contribution >= 0.6 is 0 Å². The number of benzene rings is 1. The van der Waals surface area contributed by atoms with Gasteiger partial charge in [0.05, 0.1) is 0 Å². The van der Waals surface area contributed by atoms with Gasteiger partial charge in [0, 0.05) is 30.9 Å². The quantitative estimate of drug-likeness (QED) is 0.877. The molecule has 2 rings (SSSR count). The van der Waals surface area contributed by atoms with Crippen molar-refractivity contribution in [2.45, 2.75) is 59.0 Å². The third-order valence-electron chi connectivity index (χ3n) is 4.90. The maximum Gasteiger partial charge on any atom is 0.0412 e. The van der Waals surface area contributed by atoms with E-state index in [1.807, 2.05) is 0 Å². The predicted molar refractivity (Wildman–Crippen MR) is 88.5 cm³/mol. The fourth-order valence-electron chi connectivity index (χ4n) is 3.12. The second-order valence-corrected chi connectivity index (χ2v) is 6.14. The van der Waals surface area contributed by atoms with Gasteiger partial charge in [0.2, 0.25) is 0 Å². The molecule has 1 saturated heterocycles. The van der Waals surface area contributed by atoms with Crippen LogP contribution in [0.4, 0.5) is 5.69 Å². The van der Waals surface area contributed by atoms with Crippen molar-refractivity contribution in [1.82, 2.24) is 5.32 Å². The molecule has 20 heavy (non-hydrogen) atoms. The summed E-state index contributed by atoms with van der Waals surface area (Å²) in [6, 6.07) is 10.3. The fourth-order valence-corrected chi connectivity index (χ4v) is 3.12. The zero-order valence-electron chi connectivity index (χ0n) is 13.5. The van der Waals surface area contributed by atoms with Gasteiger partial charge in [-0.2, -0.15) is 0 Å². The van der Waals surface area contributed by atoms with E-state index in [1.54, 1.807) is 0 Å². The minimum absolute atomic E-state index is 0.619. The average molecular weight is 274 g/mol. The Morgan fingerprint density at radius 3 is 2.75 bits per heavy atom. The molecule has 2 heteroatoms. The van der Waals surface area contributed by atoms with Crippen LogP contribution in [0.5, 0.6) is 0 Å². The van der Waals surface area contributed by atoms with Crippen molar-refractivity contribution in [1.29, 1.82) is 0 Å². The molecule has 1 aliphatic rings. The fraction of sp³-hybridized carbons (Fsp3) is 0.667. The summed E-state index contributed by atoms with van der Waals surface area (Å²) in [4.78, 5) is 2.63. The van der Waals surface area contributed by atoms with Gasteiger partial charge in [0.25, 0.3) is 0 Å². The van der Waals surface area contributed by atoms with Crippen LogP contribution in [0.2, 0.25) is 0 Å². The monoisotopic (exact) mass is 274 g/mol. The number of aryl methyl sites for hydroxylation is 1. The summed E-state index contributed by atoms with van der Waals surface area (Å²) >= 11 is 0. The van der Waals surface area contributed by atoms with Gasteiger partial charge in [0.1, 0.15) is 0 Å². The number of hydrogen-bond acceptors (Lipinski definition) is 2. The van der Waals surface area contributed by atoms with Crippen molar-refractivity contribution >= 4 is 5.69 Å². The smallest absolute Gasteiger partial charge is 0.0412 e. The van der Waals surface area contributed by atoms with E-state index in [9.17, 15) is 0 Å². The maximum absolute atomic E-state index is 3.76. The second-order valence-electron chi connectivity index (χ2n) is 6.14. The summed E-state index contributed by atoms with van der Waals surface area (Å²) in [7, 11) is 0. The Balaban J connectivity index is 2.19. The Labute approximate surface area is 124 Å². The number of hydrogen-bond donors (Lipinski definition) is 1. The molecule has 0 aliphatic carbocycles. The van der Waals surface area contributed by atoms with Gasteiger partial charge in [0.15, 0.2) is 0 Å². The lowest BCUT2D eigenvalue weighted by atomic mass is 9.94. The molecule has 112 valence electrons. The first kappa shape index (κ1) is 15.4. The highest BCUT2D eigenvalue weighted by Gasteiger charge is 2.29. The van der Waals surface area contributed by atoms with Gasteiger partial charge < -0.3 is 10.2 Å². The molecule has 2 nitrogen and oxygen atoms in total. The van der Waals surface area contributed by atoms with Crippen LogP contribution in [0, 0.1) is 5.92 Å². The van der Waals surface area contributed by atoms with E-state index in [1.165, 1.54) is 24.1 Å². The van der Waals surface area contributed by atoms with Gasteiger partial charge in [-0.15, -0.1) is 0 Å². The number of piperazine rings is 1. The molecule has 1 heterocycles. The van der Waals surface area contributed by atoms with Crippen LogP contribution in [0.1, 0.15) is 46.1 Å². The standard InChI is InChI=1S/C18H30N2/c1-5-14(4)18-13-20(16(7-3)12-19-18)17-10-8-9-15(6-2)11-17/h8-11,14,16,18-19H,5-7,12-13H2,1-4H3. The van der Waals surface area contributed by atoms with Crippen molar-refractivity contribution < 1.29 is 0 Å². The molecule has 0 bridgehead atoms. The molecule has 0 amide bonds. The highest BCUT2D eigenvalue weighted by molar-refractivity contribution is 5.50. The van der Waals surface area contributed by atoms with E-state index in [-0.39, 0.29) is 0 Å². The molecule has 1 aliphatic heterocycles. The second kappa shape index (κ2) is 7.12. The van der Waals surface area contributed by atoms with Gasteiger partial charge in [-0.05, 0) is 36.5 Å². The van der Waals surface area contributed by atoms with Crippen LogP contribution in [0.15, 0.2) is 24.3 Å². The largest absolute Gasteiger partial charge is 0.366 e. The first-order chi connectivity index (χ1) is 9.69. The first-order valence-corrected chi connectivity index (χ1v) is 8.28. The topological polar surface area (TPSA) is 15.3 Å². The third kappa shape index (κ3) is 3.35. The van der Waals surface area contributed by atoms with E-state index in [0.29, 0.717) is 12.1 Å². The minimum Gasteiger partial charge on any atom is -0.366 e. The van der Waals surface area contributed by atoms with E-state index in [0.717, 1.165) is 25.4 Å². The molecule has 1 aromatic rings. The van der Waals surface area contributed by atoms with E-state index in [2.05, 4.69) is 62.2 Å².